The number of carbonyl (C=O) groups excluding carboxylic acids is 2. The van der Waals surface area contributed by atoms with Gasteiger partial charge in [0.25, 0.3) is 0 Å². The van der Waals surface area contributed by atoms with E-state index in [4.69, 9.17) is 0 Å². The van der Waals surface area contributed by atoms with Crippen LogP contribution in [0.3, 0.4) is 0 Å². The molecule has 1 aromatic carbocycles. The lowest BCUT2D eigenvalue weighted by Crippen LogP contribution is -2.51. The first kappa shape index (κ1) is 16.3. The average Bonchev–Trinajstić information content (AvgIpc) is 3.08. The summed E-state index contributed by atoms with van der Waals surface area (Å²) >= 11 is 0. The number of carbonyl (C=O) groups is 2. The number of nitrogens with zero attached hydrogens (tertiary/aromatic N) is 4. The van der Waals surface area contributed by atoms with Crippen LogP contribution in [-0.4, -0.2) is 37.4 Å². The molecule has 0 fully saturated rings. The van der Waals surface area contributed by atoms with Crippen molar-refractivity contribution in [1.82, 2.24) is 24.8 Å². The van der Waals surface area contributed by atoms with Crippen LogP contribution >= 0.6 is 0 Å². The van der Waals surface area contributed by atoms with Gasteiger partial charge in [-0.1, -0.05) is 30.3 Å². The van der Waals surface area contributed by atoms with Crippen molar-refractivity contribution in [1.29, 1.82) is 0 Å². The quantitative estimate of drug-likeness (QED) is 0.773. The minimum Gasteiger partial charge on any atom is -0.347 e. The van der Waals surface area contributed by atoms with Gasteiger partial charge in [0, 0.05) is 26.1 Å². The Hall–Kier alpha value is -3.22. The number of aromatic nitrogens is 3. The van der Waals surface area contributed by atoms with Crippen LogP contribution in [0.25, 0.3) is 5.65 Å². The van der Waals surface area contributed by atoms with Crippen molar-refractivity contribution >= 4 is 17.5 Å². The fourth-order valence-corrected chi connectivity index (χ4v) is 3.38. The Morgan fingerprint density at radius 3 is 2.69 bits per heavy atom. The monoisotopic (exact) mass is 349 g/mol. The van der Waals surface area contributed by atoms with Gasteiger partial charge in [0.2, 0.25) is 11.8 Å². The first-order chi connectivity index (χ1) is 12.6. The van der Waals surface area contributed by atoms with Gasteiger partial charge in [-0.3, -0.25) is 14.0 Å². The van der Waals surface area contributed by atoms with Crippen molar-refractivity contribution in [3.8, 4) is 0 Å². The molecule has 4 rings (SSSR count). The number of rotatable bonds is 3. The average molecular weight is 349 g/mol. The van der Waals surface area contributed by atoms with Crippen LogP contribution in [0.15, 0.2) is 48.7 Å². The second kappa shape index (κ2) is 6.59. The molecular formula is C19H19N5O2. The zero-order valence-corrected chi connectivity index (χ0v) is 14.4. The number of hydrogen-bond acceptors (Lipinski definition) is 4. The van der Waals surface area contributed by atoms with Crippen LogP contribution in [0.5, 0.6) is 0 Å². The molecule has 1 aliphatic rings. The third-order valence-electron chi connectivity index (χ3n) is 4.76. The first-order valence-electron chi connectivity index (χ1n) is 8.54. The Bertz CT molecular complexity index is 981. The molecule has 7 nitrogen and oxygen atoms in total. The smallest absolute Gasteiger partial charge is 0.243 e. The van der Waals surface area contributed by atoms with Crippen molar-refractivity contribution in [2.75, 3.05) is 0 Å². The fraction of sp³-hybridized carbons (Fsp3) is 0.263. The largest absolute Gasteiger partial charge is 0.347 e. The normalized spacial score (nSPS) is 16.3. The molecule has 0 bridgehead atoms. The first-order valence-corrected chi connectivity index (χ1v) is 8.54. The van der Waals surface area contributed by atoms with Gasteiger partial charge < -0.3 is 10.2 Å². The van der Waals surface area contributed by atoms with Crippen LogP contribution in [0.2, 0.25) is 0 Å². The van der Waals surface area contributed by atoms with E-state index < -0.39 is 6.04 Å². The number of benzene rings is 1. The second-order valence-corrected chi connectivity index (χ2v) is 6.40. The fourth-order valence-electron chi connectivity index (χ4n) is 3.38. The summed E-state index contributed by atoms with van der Waals surface area (Å²) < 4.78 is 1.83. The SMILES string of the molecule is CC(=O)N1Cc2ccccc2C[C@H]1C(=O)NCc1nnc2ccccn12. The molecule has 7 heteroatoms. The molecule has 0 spiro atoms. The van der Waals surface area contributed by atoms with Crippen LogP contribution in [0, 0.1) is 0 Å². The molecule has 1 N–H and O–H groups in total. The number of pyridine rings is 1. The summed E-state index contributed by atoms with van der Waals surface area (Å²) in [7, 11) is 0. The summed E-state index contributed by atoms with van der Waals surface area (Å²) in [5.74, 6) is 0.370. The number of nitrogens with one attached hydrogen (secondary N) is 1. The lowest BCUT2D eigenvalue weighted by Gasteiger charge is -2.35. The molecule has 0 aliphatic carbocycles. The minimum absolute atomic E-state index is 0.104. The summed E-state index contributed by atoms with van der Waals surface area (Å²) in [6.07, 6.45) is 2.37. The molecule has 26 heavy (non-hydrogen) atoms. The van der Waals surface area contributed by atoms with Gasteiger partial charge in [-0.25, -0.2) is 0 Å². The predicted molar refractivity (Wildman–Crippen MR) is 95.0 cm³/mol. The molecule has 3 aromatic rings. The van der Waals surface area contributed by atoms with E-state index in [9.17, 15) is 9.59 Å². The molecule has 1 aliphatic heterocycles. The zero-order chi connectivity index (χ0) is 18.1. The Morgan fingerprint density at radius 1 is 1.12 bits per heavy atom. The summed E-state index contributed by atoms with van der Waals surface area (Å²) in [4.78, 5) is 26.5. The molecule has 2 amide bonds. The van der Waals surface area contributed by atoms with Gasteiger partial charge in [0.1, 0.15) is 6.04 Å². The maximum Gasteiger partial charge on any atom is 0.243 e. The Kier molecular flexibility index (Phi) is 4.12. The van der Waals surface area contributed by atoms with Crippen molar-refractivity contribution in [3.63, 3.8) is 0 Å². The van der Waals surface area contributed by atoms with E-state index in [0.29, 0.717) is 18.8 Å². The van der Waals surface area contributed by atoms with Gasteiger partial charge in [0.05, 0.1) is 6.54 Å². The highest BCUT2D eigenvalue weighted by Gasteiger charge is 2.32. The van der Waals surface area contributed by atoms with Gasteiger partial charge in [0.15, 0.2) is 11.5 Å². The molecule has 0 saturated carbocycles. The number of amides is 2. The molecule has 2 aromatic heterocycles. The lowest BCUT2D eigenvalue weighted by atomic mass is 9.93. The lowest BCUT2D eigenvalue weighted by molar-refractivity contribution is -0.140. The van der Waals surface area contributed by atoms with E-state index >= 15 is 0 Å². The van der Waals surface area contributed by atoms with Crippen molar-refractivity contribution in [2.45, 2.75) is 32.5 Å². The maximum atomic E-state index is 12.8. The van der Waals surface area contributed by atoms with E-state index in [-0.39, 0.29) is 18.4 Å². The molecule has 3 heterocycles. The third-order valence-corrected chi connectivity index (χ3v) is 4.76. The van der Waals surface area contributed by atoms with E-state index in [0.717, 1.165) is 16.8 Å². The summed E-state index contributed by atoms with van der Waals surface area (Å²) in [5.41, 5.74) is 2.93. The highest BCUT2D eigenvalue weighted by Crippen LogP contribution is 2.23. The van der Waals surface area contributed by atoms with Crippen LogP contribution < -0.4 is 5.32 Å². The molecule has 0 radical (unpaired) electrons. The van der Waals surface area contributed by atoms with Crippen molar-refractivity contribution in [2.24, 2.45) is 0 Å². The molecule has 132 valence electrons. The summed E-state index contributed by atoms with van der Waals surface area (Å²) in [6.45, 7) is 2.21. The third kappa shape index (κ3) is 2.92. The zero-order valence-electron chi connectivity index (χ0n) is 14.4. The molecule has 1 atom stereocenters. The number of hydrogen-bond donors (Lipinski definition) is 1. The summed E-state index contributed by atoms with van der Waals surface area (Å²) in [5, 5.41) is 11.1. The minimum atomic E-state index is -0.512. The Morgan fingerprint density at radius 2 is 1.88 bits per heavy atom. The van der Waals surface area contributed by atoms with Crippen LogP contribution in [0.4, 0.5) is 0 Å². The Balaban J connectivity index is 1.52. The van der Waals surface area contributed by atoms with Gasteiger partial charge in [-0.15, -0.1) is 10.2 Å². The van der Waals surface area contributed by atoms with Gasteiger partial charge >= 0.3 is 0 Å². The second-order valence-electron chi connectivity index (χ2n) is 6.40. The topological polar surface area (TPSA) is 79.6 Å². The van der Waals surface area contributed by atoms with E-state index in [1.165, 1.54) is 6.92 Å². The van der Waals surface area contributed by atoms with Crippen molar-refractivity contribution in [3.05, 3.63) is 65.6 Å². The van der Waals surface area contributed by atoms with Gasteiger partial charge in [-0.05, 0) is 23.3 Å². The molecule has 0 saturated heterocycles. The molecular weight excluding hydrogens is 330 g/mol. The van der Waals surface area contributed by atoms with E-state index in [1.807, 2.05) is 53.1 Å². The highest BCUT2D eigenvalue weighted by molar-refractivity contribution is 5.87. The molecule has 0 unspecified atom stereocenters. The highest BCUT2D eigenvalue weighted by atomic mass is 16.2. The predicted octanol–water partition coefficient (Wildman–Crippen LogP) is 1.32. The van der Waals surface area contributed by atoms with E-state index in [2.05, 4.69) is 15.5 Å². The van der Waals surface area contributed by atoms with Crippen LogP contribution in [0.1, 0.15) is 23.9 Å². The standard InChI is InChI=1S/C19H19N5O2/c1-13(25)24-12-15-7-3-2-6-14(15)10-16(24)19(26)20-11-18-22-21-17-8-4-5-9-23(17)18/h2-9,16H,10-12H2,1H3,(H,20,26)/t16-/m0/s1. The maximum absolute atomic E-state index is 12.8. The Labute approximate surface area is 150 Å². The van der Waals surface area contributed by atoms with E-state index in [1.54, 1.807) is 4.90 Å². The number of fused-ring (bicyclic) bond motifs is 2. The van der Waals surface area contributed by atoms with Gasteiger partial charge in [-0.2, -0.15) is 0 Å². The van der Waals surface area contributed by atoms with Crippen molar-refractivity contribution < 1.29 is 9.59 Å². The van der Waals surface area contributed by atoms with Crippen LogP contribution in [-0.2, 0) is 29.1 Å². The summed E-state index contributed by atoms with van der Waals surface area (Å²) in [6, 6.07) is 13.0.